The van der Waals surface area contributed by atoms with E-state index >= 15 is 0 Å². The maximum Gasteiger partial charge on any atom is 0.255 e. The molecule has 0 radical (unpaired) electrons. The Labute approximate surface area is 128 Å². The lowest BCUT2D eigenvalue weighted by Crippen LogP contribution is -2.38. The van der Waals surface area contributed by atoms with Gasteiger partial charge in [0.15, 0.2) is 0 Å². The quantitative estimate of drug-likeness (QED) is 0.882. The molecule has 1 aliphatic rings. The van der Waals surface area contributed by atoms with Crippen molar-refractivity contribution in [2.45, 2.75) is 52.5 Å². The van der Waals surface area contributed by atoms with Gasteiger partial charge in [0, 0.05) is 24.8 Å². The number of carbonyl (C=O) groups is 1. The highest BCUT2D eigenvalue weighted by Crippen LogP contribution is 2.25. The summed E-state index contributed by atoms with van der Waals surface area (Å²) >= 11 is 0. The van der Waals surface area contributed by atoms with E-state index in [1.807, 2.05) is 29.2 Å². The molecular weight excluding hydrogens is 260 g/mol. The predicted molar refractivity (Wildman–Crippen MR) is 88.7 cm³/mol. The molecule has 21 heavy (non-hydrogen) atoms. The van der Waals surface area contributed by atoms with E-state index in [0.29, 0.717) is 6.04 Å². The number of anilines is 1. The second-order valence-electron chi connectivity index (χ2n) is 6.37. The Hall–Kier alpha value is -1.51. The fourth-order valence-electron chi connectivity index (χ4n) is 3.11. The topological polar surface area (TPSA) is 32.3 Å². The summed E-state index contributed by atoms with van der Waals surface area (Å²) in [5.41, 5.74) is 1.76. The standard InChI is InChI=1S/C18H28N2O/c1-4-7-15-10-12-20(13-11-15)18(21)16-8-5-6-9-17(16)19-14(2)3/h5-6,8-9,14-15,19H,4,7,10-13H2,1-3H3. The van der Waals surface area contributed by atoms with E-state index in [9.17, 15) is 4.79 Å². The zero-order chi connectivity index (χ0) is 15.2. The van der Waals surface area contributed by atoms with E-state index in [-0.39, 0.29) is 5.91 Å². The molecule has 1 aromatic rings. The van der Waals surface area contributed by atoms with Crippen molar-refractivity contribution in [2.24, 2.45) is 5.92 Å². The van der Waals surface area contributed by atoms with Crippen LogP contribution in [0.4, 0.5) is 5.69 Å². The minimum absolute atomic E-state index is 0.175. The average Bonchev–Trinajstić information content (AvgIpc) is 2.48. The van der Waals surface area contributed by atoms with Crippen molar-refractivity contribution in [2.75, 3.05) is 18.4 Å². The summed E-state index contributed by atoms with van der Waals surface area (Å²) in [7, 11) is 0. The summed E-state index contributed by atoms with van der Waals surface area (Å²) in [5.74, 6) is 0.983. The van der Waals surface area contributed by atoms with Gasteiger partial charge in [-0.3, -0.25) is 4.79 Å². The minimum Gasteiger partial charge on any atom is -0.382 e. The summed E-state index contributed by atoms with van der Waals surface area (Å²) in [6.45, 7) is 8.24. The first-order chi connectivity index (χ1) is 10.1. The number of carbonyl (C=O) groups excluding carboxylic acids is 1. The molecule has 116 valence electrons. The van der Waals surface area contributed by atoms with Crippen LogP contribution in [0.5, 0.6) is 0 Å². The SMILES string of the molecule is CCCC1CCN(C(=O)c2ccccc2NC(C)C)CC1. The summed E-state index contributed by atoms with van der Waals surface area (Å²) in [5, 5.41) is 3.37. The van der Waals surface area contributed by atoms with Crippen molar-refractivity contribution in [3.05, 3.63) is 29.8 Å². The molecule has 1 saturated heterocycles. The van der Waals surface area contributed by atoms with Gasteiger partial charge in [-0.25, -0.2) is 0 Å². The monoisotopic (exact) mass is 288 g/mol. The molecule has 3 nitrogen and oxygen atoms in total. The second-order valence-corrected chi connectivity index (χ2v) is 6.37. The van der Waals surface area contributed by atoms with Crippen LogP contribution in [0.15, 0.2) is 24.3 Å². The van der Waals surface area contributed by atoms with Gasteiger partial charge in [0.1, 0.15) is 0 Å². The number of nitrogens with zero attached hydrogens (tertiary/aromatic N) is 1. The number of piperidine rings is 1. The van der Waals surface area contributed by atoms with Gasteiger partial charge >= 0.3 is 0 Å². The Balaban J connectivity index is 2.04. The van der Waals surface area contributed by atoms with Gasteiger partial charge < -0.3 is 10.2 Å². The lowest BCUT2D eigenvalue weighted by atomic mass is 9.92. The summed E-state index contributed by atoms with van der Waals surface area (Å²) < 4.78 is 0. The molecule has 1 aliphatic heterocycles. The summed E-state index contributed by atoms with van der Waals surface area (Å²) in [4.78, 5) is 14.8. The molecule has 0 saturated carbocycles. The maximum absolute atomic E-state index is 12.8. The molecule has 0 bridgehead atoms. The first kappa shape index (κ1) is 15.9. The molecule has 1 N–H and O–H groups in total. The molecule has 1 heterocycles. The molecule has 3 heteroatoms. The number of benzene rings is 1. The van der Waals surface area contributed by atoms with E-state index in [1.165, 1.54) is 12.8 Å². The van der Waals surface area contributed by atoms with Gasteiger partial charge in [0.2, 0.25) is 0 Å². The number of amides is 1. The van der Waals surface area contributed by atoms with Gasteiger partial charge in [0.25, 0.3) is 5.91 Å². The molecule has 0 atom stereocenters. The molecule has 1 fully saturated rings. The molecule has 1 amide bonds. The lowest BCUT2D eigenvalue weighted by molar-refractivity contribution is 0.0687. The number of nitrogens with one attached hydrogen (secondary N) is 1. The van der Waals surface area contributed by atoms with Crippen LogP contribution in [0, 0.1) is 5.92 Å². The van der Waals surface area contributed by atoms with Crippen molar-refractivity contribution in [3.63, 3.8) is 0 Å². The number of rotatable bonds is 5. The van der Waals surface area contributed by atoms with Crippen LogP contribution in [-0.4, -0.2) is 29.9 Å². The van der Waals surface area contributed by atoms with Crippen molar-refractivity contribution in [1.29, 1.82) is 0 Å². The Kier molecular flexibility index (Phi) is 5.66. The van der Waals surface area contributed by atoms with Gasteiger partial charge in [-0.1, -0.05) is 31.9 Å². The largest absolute Gasteiger partial charge is 0.382 e. The number of hydrogen-bond donors (Lipinski definition) is 1. The molecule has 0 spiro atoms. The smallest absolute Gasteiger partial charge is 0.255 e. The van der Waals surface area contributed by atoms with Crippen LogP contribution in [0.1, 0.15) is 56.8 Å². The maximum atomic E-state index is 12.8. The van der Waals surface area contributed by atoms with Crippen LogP contribution < -0.4 is 5.32 Å². The van der Waals surface area contributed by atoms with E-state index < -0.39 is 0 Å². The van der Waals surface area contributed by atoms with E-state index in [1.54, 1.807) is 0 Å². The highest BCUT2D eigenvalue weighted by molar-refractivity contribution is 5.99. The molecule has 1 aromatic carbocycles. The Bertz CT molecular complexity index is 462. The van der Waals surface area contributed by atoms with Gasteiger partial charge in [-0.05, 0) is 44.7 Å². The van der Waals surface area contributed by atoms with E-state index in [0.717, 1.165) is 43.1 Å². The van der Waals surface area contributed by atoms with Crippen LogP contribution in [-0.2, 0) is 0 Å². The average molecular weight is 288 g/mol. The third-order valence-corrected chi connectivity index (χ3v) is 4.20. The van der Waals surface area contributed by atoms with E-state index in [2.05, 4.69) is 26.1 Å². The van der Waals surface area contributed by atoms with Gasteiger partial charge in [-0.15, -0.1) is 0 Å². The molecular formula is C18H28N2O. The zero-order valence-electron chi connectivity index (χ0n) is 13.6. The normalized spacial score (nSPS) is 16.3. The van der Waals surface area contributed by atoms with Crippen molar-refractivity contribution < 1.29 is 4.79 Å². The minimum atomic E-state index is 0.175. The number of likely N-dealkylation sites (tertiary alicyclic amines) is 1. The molecule has 0 aliphatic carbocycles. The van der Waals surface area contributed by atoms with E-state index in [4.69, 9.17) is 0 Å². The summed E-state index contributed by atoms with van der Waals surface area (Å²) in [6, 6.07) is 8.19. The van der Waals surface area contributed by atoms with Crippen molar-refractivity contribution in [3.8, 4) is 0 Å². The fourth-order valence-corrected chi connectivity index (χ4v) is 3.11. The molecule has 0 unspecified atom stereocenters. The lowest BCUT2D eigenvalue weighted by Gasteiger charge is -2.32. The van der Waals surface area contributed by atoms with Gasteiger partial charge in [0.05, 0.1) is 5.56 Å². The Morgan fingerprint density at radius 2 is 1.95 bits per heavy atom. The van der Waals surface area contributed by atoms with Crippen LogP contribution in [0.25, 0.3) is 0 Å². The highest BCUT2D eigenvalue weighted by atomic mass is 16.2. The second kappa shape index (κ2) is 7.48. The van der Waals surface area contributed by atoms with Crippen molar-refractivity contribution >= 4 is 11.6 Å². The first-order valence-corrected chi connectivity index (χ1v) is 8.26. The highest BCUT2D eigenvalue weighted by Gasteiger charge is 2.24. The van der Waals surface area contributed by atoms with Crippen LogP contribution >= 0.6 is 0 Å². The molecule has 2 rings (SSSR count). The third kappa shape index (κ3) is 4.23. The Morgan fingerprint density at radius 3 is 2.57 bits per heavy atom. The summed E-state index contributed by atoms with van der Waals surface area (Å²) in [6.07, 6.45) is 4.85. The van der Waals surface area contributed by atoms with Gasteiger partial charge in [-0.2, -0.15) is 0 Å². The zero-order valence-corrected chi connectivity index (χ0v) is 13.6. The third-order valence-electron chi connectivity index (χ3n) is 4.20. The Morgan fingerprint density at radius 1 is 1.29 bits per heavy atom. The van der Waals surface area contributed by atoms with Crippen molar-refractivity contribution in [1.82, 2.24) is 4.90 Å². The predicted octanol–water partition coefficient (Wildman–Crippen LogP) is 4.16. The van der Waals surface area contributed by atoms with Crippen LogP contribution in [0.3, 0.4) is 0 Å². The number of para-hydroxylation sites is 1. The molecule has 0 aromatic heterocycles. The number of hydrogen-bond acceptors (Lipinski definition) is 2. The fraction of sp³-hybridized carbons (Fsp3) is 0.611. The van der Waals surface area contributed by atoms with Crippen LogP contribution in [0.2, 0.25) is 0 Å². The first-order valence-electron chi connectivity index (χ1n) is 8.26.